The van der Waals surface area contributed by atoms with Gasteiger partial charge in [-0.25, -0.2) is 17.5 Å². The number of hydrogen-bond donors (Lipinski definition) is 0. The summed E-state index contributed by atoms with van der Waals surface area (Å²) in [6.45, 7) is -0.500. The number of nitrogens with zero attached hydrogens (tertiary/aromatic N) is 1. The van der Waals surface area contributed by atoms with Gasteiger partial charge in [0.15, 0.2) is 6.61 Å². The van der Waals surface area contributed by atoms with Crippen molar-refractivity contribution in [2.24, 2.45) is 0 Å². The third-order valence-electron chi connectivity index (χ3n) is 3.91. The Morgan fingerprint density at radius 2 is 1.61 bits per heavy atom. The number of Topliss-reactive ketones (excluding diaryl/α,β-unsaturated/α-hetero) is 1. The maximum atomic E-state index is 12.4. The number of ether oxygens (including phenoxy) is 3. The maximum absolute atomic E-state index is 12.4. The highest BCUT2D eigenvalue weighted by Gasteiger charge is 2.19. The Balaban J connectivity index is 2.09. The molecule has 8 nitrogen and oxygen atoms in total. The molecule has 0 aromatic heterocycles. The fourth-order valence-electron chi connectivity index (χ4n) is 2.30. The van der Waals surface area contributed by atoms with Crippen LogP contribution >= 0.6 is 0 Å². The van der Waals surface area contributed by atoms with Crippen molar-refractivity contribution in [2.75, 3.05) is 34.9 Å². The lowest BCUT2D eigenvalue weighted by Gasteiger charge is -2.12. The predicted octanol–water partition coefficient (Wildman–Crippen LogP) is 1.99. The van der Waals surface area contributed by atoms with E-state index in [2.05, 4.69) is 0 Å². The first kappa shape index (κ1) is 21.4. The number of carbonyl (C=O) groups is 2. The lowest BCUT2D eigenvalue weighted by molar-refractivity contribution is 0.0474. The molecule has 0 aliphatic carbocycles. The van der Waals surface area contributed by atoms with Gasteiger partial charge in [0, 0.05) is 14.1 Å². The highest BCUT2D eigenvalue weighted by atomic mass is 32.2. The van der Waals surface area contributed by atoms with Crippen molar-refractivity contribution < 1.29 is 32.2 Å². The molecule has 0 spiro atoms. The van der Waals surface area contributed by atoms with Crippen LogP contribution in [0.2, 0.25) is 0 Å². The molecule has 0 heterocycles. The molecule has 2 aromatic carbocycles. The van der Waals surface area contributed by atoms with Gasteiger partial charge >= 0.3 is 5.97 Å². The number of sulfonamides is 1. The van der Waals surface area contributed by atoms with Crippen LogP contribution in [0.15, 0.2) is 47.4 Å². The lowest BCUT2D eigenvalue weighted by atomic mass is 10.1. The predicted molar refractivity (Wildman–Crippen MR) is 101 cm³/mol. The zero-order valence-corrected chi connectivity index (χ0v) is 16.8. The second-order valence-electron chi connectivity index (χ2n) is 5.88. The van der Waals surface area contributed by atoms with Crippen LogP contribution in [0, 0.1) is 0 Å². The van der Waals surface area contributed by atoms with Gasteiger partial charge in [-0.15, -0.1) is 0 Å². The molecule has 0 bridgehead atoms. The molecular formula is C19H21NO7S. The molecule has 2 rings (SSSR count). The Morgan fingerprint density at radius 3 is 2.14 bits per heavy atom. The van der Waals surface area contributed by atoms with Crippen molar-refractivity contribution in [3.63, 3.8) is 0 Å². The average Bonchev–Trinajstić information content (AvgIpc) is 2.71. The molecule has 2 aromatic rings. The molecular weight excluding hydrogens is 386 g/mol. The van der Waals surface area contributed by atoms with E-state index >= 15 is 0 Å². The van der Waals surface area contributed by atoms with E-state index < -0.39 is 28.4 Å². The largest absolute Gasteiger partial charge is 0.497 e. The Hall–Kier alpha value is -2.91. The van der Waals surface area contributed by atoms with Crippen molar-refractivity contribution in [1.29, 1.82) is 0 Å². The first-order chi connectivity index (χ1) is 13.2. The second kappa shape index (κ2) is 8.85. The highest BCUT2D eigenvalue weighted by Crippen LogP contribution is 2.24. The van der Waals surface area contributed by atoms with Gasteiger partial charge in [0.05, 0.1) is 30.2 Å². The number of benzene rings is 2. The molecule has 0 radical (unpaired) electrons. The van der Waals surface area contributed by atoms with Crippen LogP contribution in [-0.4, -0.2) is 59.4 Å². The Bertz CT molecular complexity index is 966. The molecule has 0 atom stereocenters. The summed E-state index contributed by atoms with van der Waals surface area (Å²) in [5, 5.41) is 0. The summed E-state index contributed by atoms with van der Waals surface area (Å²) in [5.41, 5.74) is 0.352. The number of esters is 1. The van der Waals surface area contributed by atoms with Crippen LogP contribution in [0.5, 0.6) is 11.5 Å². The zero-order chi connectivity index (χ0) is 20.9. The molecule has 0 saturated carbocycles. The normalized spacial score (nSPS) is 11.2. The maximum Gasteiger partial charge on any atom is 0.338 e. The van der Waals surface area contributed by atoms with E-state index in [1.165, 1.54) is 58.6 Å². The third kappa shape index (κ3) is 4.68. The fourth-order valence-corrected chi connectivity index (χ4v) is 3.20. The lowest BCUT2D eigenvalue weighted by Crippen LogP contribution is -2.22. The van der Waals surface area contributed by atoms with Crippen molar-refractivity contribution >= 4 is 21.8 Å². The molecule has 0 fully saturated rings. The summed E-state index contributed by atoms with van der Waals surface area (Å²) in [4.78, 5) is 24.6. The van der Waals surface area contributed by atoms with E-state index in [9.17, 15) is 18.0 Å². The van der Waals surface area contributed by atoms with E-state index in [-0.39, 0.29) is 16.0 Å². The summed E-state index contributed by atoms with van der Waals surface area (Å²) in [7, 11) is 2.12. The topological polar surface area (TPSA) is 99.2 Å². The summed E-state index contributed by atoms with van der Waals surface area (Å²) < 4.78 is 40.4. The standard InChI is InChI=1S/C19H21NO7S/c1-20(2)28(23,24)15-8-5-13(6-9-15)19(22)27-12-17(21)16-11-14(25-3)7-10-18(16)26-4/h5-11H,12H2,1-4H3. The fraction of sp³-hybridized carbons (Fsp3) is 0.263. The molecule has 9 heteroatoms. The van der Waals surface area contributed by atoms with Gasteiger partial charge in [-0.05, 0) is 42.5 Å². The molecule has 0 aliphatic rings. The van der Waals surface area contributed by atoms with Gasteiger partial charge in [-0.2, -0.15) is 0 Å². The van der Waals surface area contributed by atoms with Crippen LogP contribution in [0.25, 0.3) is 0 Å². The van der Waals surface area contributed by atoms with Gasteiger partial charge in [-0.3, -0.25) is 4.79 Å². The van der Waals surface area contributed by atoms with Crippen molar-refractivity contribution in [1.82, 2.24) is 4.31 Å². The minimum Gasteiger partial charge on any atom is -0.497 e. The third-order valence-corrected chi connectivity index (χ3v) is 5.74. The number of ketones is 1. The van der Waals surface area contributed by atoms with E-state index in [4.69, 9.17) is 14.2 Å². The molecule has 150 valence electrons. The number of hydrogen-bond acceptors (Lipinski definition) is 7. The molecule has 0 saturated heterocycles. The van der Waals surface area contributed by atoms with Gasteiger partial charge in [0.2, 0.25) is 15.8 Å². The van der Waals surface area contributed by atoms with E-state index in [0.29, 0.717) is 11.5 Å². The number of carbonyl (C=O) groups excluding carboxylic acids is 2. The van der Waals surface area contributed by atoms with E-state index in [0.717, 1.165) is 4.31 Å². The summed E-state index contributed by atoms with van der Waals surface area (Å²) in [6.07, 6.45) is 0. The van der Waals surface area contributed by atoms with Gasteiger partial charge in [0.1, 0.15) is 11.5 Å². The number of rotatable bonds is 8. The monoisotopic (exact) mass is 407 g/mol. The van der Waals surface area contributed by atoms with Crippen LogP contribution in [0.4, 0.5) is 0 Å². The average molecular weight is 407 g/mol. The summed E-state index contributed by atoms with van der Waals surface area (Å²) in [6, 6.07) is 9.99. The molecule has 28 heavy (non-hydrogen) atoms. The van der Waals surface area contributed by atoms with Crippen LogP contribution in [-0.2, 0) is 14.8 Å². The first-order valence-corrected chi connectivity index (χ1v) is 9.59. The SMILES string of the molecule is COc1ccc(OC)c(C(=O)COC(=O)c2ccc(S(=O)(=O)N(C)C)cc2)c1. The van der Waals surface area contributed by atoms with Crippen LogP contribution in [0.1, 0.15) is 20.7 Å². The molecule has 0 unspecified atom stereocenters. The van der Waals surface area contributed by atoms with Crippen LogP contribution in [0.3, 0.4) is 0 Å². The van der Waals surface area contributed by atoms with E-state index in [1.54, 1.807) is 12.1 Å². The van der Waals surface area contributed by atoms with Crippen LogP contribution < -0.4 is 9.47 Å². The summed E-state index contributed by atoms with van der Waals surface area (Å²) in [5.74, 6) is -0.409. The Labute approximate surface area is 163 Å². The summed E-state index contributed by atoms with van der Waals surface area (Å²) >= 11 is 0. The zero-order valence-electron chi connectivity index (χ0n) is 16.0. The van der Waals surface area contributed by atoms with Gasteiger partial charge in [0.25, 0.3) is 0 Å². The van der Waals surface area contributed by atoms with Crippen molar-refractivity contribution in [3.05, 3.63) is 53.6 Å². The molecule has 0 amide bonds. The van der Waals surface area contributed by atoms with E-state index in [1.807, 2.05) is 0 Å². The number of methoxy groups -OCH3 is 2. The molecule has 0 aliphatic heterocycles. The minimum absolute atomic E-state index is 0.0474. The van der Waals surface area contributed by atoms with Crippen molar-refractivity contribution in [2.45, 2.75) is 4.90 Å². The smallest absolute Gasteiger partial charge is 0.338 e. The Morgan fingerprint density at radius 1 is 0.964 bits per heavy atom. The first-order valence-electron chi connectivity index (χ1n) is 8.15. The highest BCUT2D eigenvalue weighted by molar-refractivity contribution is 7.89. The van der Waals surface area contributed by atoms with Gasteiger partial charge < -0.3 is 14.2 Å². The van der Waals surface area contributed by atoms with Crippen molar-refractivity contribution in [3.8, 4) is 11.5 Å². The Kier molecular flexibility index (Phi) is 6.76. The molecule has 0 N–H and O–H groups in total. The minimum atomic E-state index is -3.59. The quantitative estimate of drug-likeness (QED) is 0.487. The van der Waals surface area contributed by atoms with Gasteiger partial charge in [-0.1, -0.05) is 0 Å². The second-order valence-corrected chi connectivity index (χ2v) is 8.03.